The molecule has 2 aliphatic rings. The fourth-order valence-corrected chi connectivity index (χ4v) is 5.12. The van der Waals surface area contributed by atoms with Crippen LogP contribution < -0.4 is 10.1 Å². The smallest absolute Gasteiger partial charge is 0.387 e. The van der Waals surface area contributed by atoms with Crippen molar-refractivity contribution in [1.29, 1.82) is 0 Å². The second-order valence-corrected chi connectivity index (χ2v) is 9.01. The topological polar surface area (TPSA) is 72.3 Å². The largest absolute Gasteiger partial charge is 0.435 e. The molecule has 2 aromatic rings. The summed E-state index contributed by atoms with van der Waals surface area (Å²) in [6.07, 6.45) is 6.31. The minimum Gasteiger partial charge on any atom is -0.435 e. The fraction of sp³-hybridized carbons (Fsp3) is 0.571. The minimum atomic E-state index is -2.87. The number of alkyl halides is 2. The summed E-state index contributed by atoms with van der Waals surface area (Å²) in [7, 11) is 0. The highest BCUT2D eigenvalue weighted by atomic mass is 32.2. The number of hydrogen-bond donors (Lipinski definition) is 1. The van der Waals surface area contributed by atoms with Crippen LogP contribution in [-0.2, 0) is 11.3 Å². The van der Waals surface area contributed by atoms with Gasteiger partial charge < -0.3 is 10.1 Å². The molecule has 0 saturated carbocycles. The molecule has 0 bridgehead atoms. The first-order valence-electron chi connectivity index (χ1n) is 10.8. The molecule has 4 rings (SSSR count). The summed E-state index contributed by atoms with van der Waals surface area (Å²) in [5, 5.41) is 12.2. The van der Waals surface area contributed by atoms with Crippen LogP contribution in [0.1, 0.15) is 44.3 Å². The molecule has 1 atom stereocenters. The number of thioether (sulfide) groups is 1. The number of hydrogen-bond acceptors (Lipinski definition) is 6. The molecular weight excluding hydrogens is 424 g/mol. The first kappa shape index (κ1) is 22.0. The van der Waals surface area contributed by atoms with Crippen molar-refractivity contribution in [3.8, 4) is 11.4 Å². The van der Waals surface area contributed by atoms with Crippen molar-refractivity contribution in [3.63, 3.8) is 0 Å². The van der Waals surface area contributed by atoms with Crippen LogP contribution in [0.2, 0.25) is 0 Å². The number of aromatic nitrogens is 3. The molecule has 1 amide bonds. The van der Waals surface area contributed by atoms with Crippen LogP contribution in [0.25, 0.3) is 5.69 Å². The van der Waals surface area contributed by atoms with E-state index in [4.69, 9.17) is 0 Å². The molecule has 1 N–H and O–H groups in total. The summed E-state index contributed by atoms with van der Waals surface area (Å²) < 4.78 is 31.5. The minimum absolute atomic E-state index is 0.0234. The lowest BCUT2D eigenvalue weighted by molar-refractivity contribution is -0.120. The Morgan fingerprint density at radius 3 is 2.61 bits per heavy atom. The quantitative estimate of drug-likeness (QED) is 0.693. The first-order chi connectivity index (χ1) is 15.1. The summed E-state index contributed by atoms with van der Waals surface area (Å²) in [6.45, 7) is 0.521. The Morgan fingerprint density at radius 1 is 1.10 bits per heavy atom. The van der Waals surface area contributed by atoms with Gasteiger partial charge in [-0.25, -0.2) is 0 Å². The van der Waals surface area contributed by atoms with Crippen molar-refractivity contribution in [2.45, 2.75) is 62.1 Å². The van der Waals surface area contributed by atoms with E-state index in [1.54, 1.807) is 12.1 Å². The Bertz CT molecular complexity index is 871. The zero-order valence-corrected chi connectivity index (χ0v) is 18.1. The van der Waals surface area contributed by atoms with Gasteiger partial charge in [-0.15, -0.1) is 10.2 Å². The summed E-state index contributed by atoms with van der Waals surface area (Å²) in [4.78, 5) is 14.8. The van der Waals surface area contributed by atoms with Gasteiger partial charge in [-0.3, -0.25) is 14.3 Å². The van der Waals surface area contributed by atoms with Crippen molar-refractivity contribution in [1.82, 2.24) is 25.0 Å². The highest BCUT2D eigenvalue weighted by Gasteiger charge is 2.26. The van der Waals surface area contributed by atoms with Crippen LogP contribution >= 0.6 is 11.8 Å². The fourth-order valence-electron chi connectivity index (χ4n) is 3.98. The molecule has 3 heterocycles. The Hall–Kier alpha value is -2.20. The molecule has 31 heavy (non-hydrogen) atoms. The highest BCUT2D eigenvalue weighted by Crippen LogP contribution is 2.31. The summed E-state index contributed by atoms with van der Waals surface area (Å²) in [5.41, 5.74) is 0.759. The second kappa shape index (κ2) is 10.4. The second-order valence-electron chi connectivity index (χ2n) is 7.84. The van der Waals surface area contributed by atoms with Crippen LogP contribution in [-0.4, -0.2) is 57.1 Å². The Morgan fingerprint density at radius 2 is 1.87 bits per heavy atom. The molecule has 0 spiro atoms. The average Bonchev–Trinajstić information content (AvgIpc) is 3.03. The van der Waals surface area contributed by atoms with E-state index in [2.05, 4.69) is 25.2 Å². The number of rotatable bonds is 7. The van der Waals surface area contributed by atoms with E-state index in [1.165, 1.54) is 30.3 Å². The van der Waals surface area contributed by atoms with E-state index in [0.29, 0.717) is 18.2 Å². The van der Waals surface area contributed by atoms with Crippen molar-refractivity contribution in [3.05, 3.63) is 30.1 Å². The molecule has 1 aromatic heterocycles. The maximum atomic E-state index is 12.5. The van der Waals surface area contributed by atoms with Gasteiger partial charge in [-0.05, 0) is 63.0 Å². The lowest BCUT2D eigenvalue weighted by Crippen LogP contribution is -2.31. The number of halogens is 2. The maximum absolute atomic E-state index is 12.5. The molecule has 1 aromatic carbocycles. The van der Waals surface area contributed by atoms with Gasteiger partial charge in [0.1, 0.15) is 5.75 Å². The summed E-state index contributed by atoms with van der Waals surface area (Å²) >= 11 is 1.41. The van der Waals surface area contributed by atoms with Crippen molar-refractivity contribution in [2.24, 2.45) is 0 Å². The first-order valence-corrected chi connectivity index (χ1v) is 11.6. The predicted molar refractivity (Wildman–Crippen MR) is 114 cm³/mol. The number of amides is 1. The SMILES string of the molecule is O=C1NCCCCC1Sc1nnc(CN2CCCCC2)n1-c1ccc(OC(F)F)cc1. The third-order valence-electron chi connectivity index (χ3n) is 5.57. The van der Waals surface area contributed by atoms with Crippen LogP contribution in [0.5, 0.6) is 5.75 Å². The molecular formula is C21H27F2N5O2S. The molecule has 10 heteroatoms. The number of nitrogens with one attached hydrogen (secondary N) is 1. The normalized spacial score (nSPS) is 20.5. The number of nitrogens with zero attached hydrogens (tertiary/aromatic N) is 4. The summed E-state index contributed by atoms with van der Waals surface area (Å²) in [6, 6.07) is 6.47. The Kier molecular flexibility index (Phi) is 7.39. The van der Waals surface area contributed by atoms with Crippen LogP contribution in [0, 0.1) is 0 Å². The van der Waals surface area contributed by atoms with Gasteiger partial charge in [-0.2, -0.15) is 8.78 Å². The molecule has 168 valence electrons. The van der Waals surface area contributed by atoms with Crippen LogP contribution in [0.3, 0.4) is 0 Å². The Labute approximate surface area is 184 Å². The van der Waals surface area contributed by atoms with E-state index in [0.717, 1.165) is 56.7 Å². The zero-order valence-electron chi connectivity index (χ0n) is 17.3. The number of carbonyl (C=O) groups is 1. The van der Waals surface area contributed by atoms with Gasteiger partial charge in [0.15, 0.2) is 11.0 Å². The number of piperidine rings is 1. The highest BCUT2D eigenvalue weighted by molar-refractivity contribution is 8.00. The number of ether oxygens (including phenoxy) is 1. The lowest BCUT2D eigenvalue weighted by Gasteiger charge is -2.26. The zero-order chi connectivity index (χ0) is 21.6. The van der Waals surface area contributed by atoms with Gasteiger partial charge in [0.25, 0.3) is 0 Å². The molecule has 7 nitrogen and oxygen atoms in total. The van der Waals surface area contributed by atoms with Gasteiger partial charge in [-0.1, -0.05) is 24.6 Å². The third-order valence-corrected chi connectivity index (χ3v) is 6.78. The van der Waals surface area contributed by atoms with Gasteiger partial charge >= 0.3 is 6.61 Å². The van der Waals surface area contributed by atoms with E-state index in [9.17, 15) is 13.6 Å². The average molecular weight is 452 g/mol. The van der Waals surface area contributed by atoms with Gasteiger partial charge in [0.2, 0.25) is 5.91 Å². The van der Waals surface area contributed by atoms with E-state index >= 15 is 0 Å². The molecule has 0 aliphatic carbocycles. The monoisotopic (exact) mass is 451 g/mol. The number of carbonyl (C=O) groups excluding carboxylic acids is 1. The van der Waals surface area contributed by atoms with Crippen molar-refractivity contribution < 1.29 is 18.3 Å². The standard InChI is InChI=1S/C21H27F2N5O2S/c22-20(23)30-16-9-7-15(8-10-16)28-18(14-27-12-4-1-5-13-27)25-26-21(28)31-17-6-2-3-11-24-19(17)29/h7-10,17,20H,1-6,11-14H2,(H,24,29). The molecule has 2 aliphatic heterocycles. The van der Waals surface area contributed by atoms with E-state index < -0.39 is 6.61 Å². The van der Waals surface area contributed by atoms with Crippen molar-refractivity contribution in [2.75, 3.05) is 19.6 Å². The Balaban J connectivity index is 1.61. The van der Waals surface area contributed by atoms with E-state index in [-0.39, 0.29) is 16.9 Å². The van der Waals surface area contributed by atoms with Crippen molar-refractivity contribution >= 4 is 17.7 Å². The van der Waals surface area contributed by atoms with Crippen LogP contribution in [0.4, 0.5) is 8.78 Å². The van der Waals surface area contributed by atoms with Crippen LogP contribution in [0.15, 0.2) is 29.4 Å². The summed E-state index contributed by atoms with van der Waals surface area (Å²) in [5.74, 6) is 0.901. The molecule has 2 fully saturated rings. The third kappa shape index (κ3) is 5.74. The van der Waals surface area contributed by atoms with E-state index in [1.807, 2.05) is 4.57 Å². The molecule has 1 unspecified atom stereocenters. The number of benzene rings is 1. The molecule has 0 radical (unpaired) electrons. The maximum Gasteiger partial charge on any atom is 0.387 e. The van der Waals surface area contributed by atoms with Gasteiger partial charge in [0, 0.05) is 12.2 Å². The molecule has 2 saturated heterocycles. The predicted octanol–water partition coefficient (Wildman–Crippen LogP) is 3.62. The lowest BCUT2D eigenvalue weighted by atomic mass is 10.1. The van der Waals surface area contributed by atoms with Gasteiger partial charge in [0.05, 0.1) is 11.8 Å². The number of likely N-dealkylation sites (tertiary alicyclic amines) is 1.